The number of rotatable bonds is 3. The molecule has 0 aromatic rings. The van der Waals surface area contributed by atoms with Crippen LogP contribution in [0.3, 0.4) is 0 Å². The van der Waals surface area contributed by atoms with Crippen LogP contribution in [-0.4, -0.2) is 34.6 Å². The summed E-state index contributed by atoms with van der Waals surface area (Å²) in [5.41, 5.74) is 0. The summed E-state index contributed by atoms with van der Waals surface area (Å²) in [6.07, 6.45) is 6.84. The van der Waals surface area contributed by atoms with Crippen molar-refractivity contribution in [1.29, 1.82) is 0 Å². The van der Waals surface area contributed by atoms with E-state index in [9.17, 15) is 9.90 Å². The second-order valence-electron chi connectivity index (χ2n) is 6.98. The Labute approximate surface area is 117 Å². The van der Waals surface area contributed by atoms with Gasteiger partial charge in [0.2, 0.25) is 0 Å². The van der Waals surface area contributed by atoms with Crippen LogP contribution >= 0.6 is 0 Å². The number of carboxylic acids is 1. The number of hydrogen-bond donors (Lipinski definition) is 1. The molecule has 1 aliphatic carbocycles. The third-order valence-electron chi connectivity index (χ3n) is 5.24. The van der Waals surface area contributed by atoms with Gasteiger partial charge in [0.05, 0.1) is 0 Å². The van der Waals surface area contributed by atoms with Crippen molar-refractivity contribution in [2.24, 2.45) is 17.8 Å². The SMILES string of the molecule is CC1CCC(C(C)C)C(N2CCCCC2C(=O)O)C1. The molecule has 1 aliphatic heterocycles. The average Bonchev–Trinajstić information content (AvgIpc) is 2.38. The lowest BCUT2D eigenvalue weighted by Gasteiger charge is -2.47. The predicted octanol–water partition coefficient (Wildman–Crippen LogP) is 3.39. The van der Waals surface area contributed by atoms with E-state index in [0.717, 1.165) is 25.3 Å². The molecule has 4 atom stereocenters. The van der Waals surface area contributed by atoms with E-state index < -0.39 is 5.97 Å². The molecule has 2 aliphatic rings. The molecule has 0 bridgehead atoms. The lowest BCUT2D eigenvalue weighted by molar-refractivity contribution is -0.147. The Hall–Kier alpha value is -0.570. The highest BCUT2D eigenvalue weighted by Crippen LogP contribution is 2.38. The molecule has 0 radical (unpaired) electrons. The van der Waals surface area contributed by atoms with E-state index in [1.165, 1.54) is 25.7 Å². The molecule has 0 amide bonds. The molecular formula is C16H29NO2. The zero-order valence-electron chi connectivity index (χ0n) is 12.6. The van der Waals surface area contributed by atoms with Crippen LogP contribution < -0.4 is 0 Å². The van der Waals surface area contributed by atoms with Gasteiger partial charge in [0.1, 0.15) is 6.04 Å². The molecule has 1 N–H and O–H groups in total. The fourth-order valence-corrected chi connectivity index (χ4v) is 4.15. The fourth-order valence-electron chi connectivity index (χ4n) is 4.15. The highest BCUT2D eigenvalue weighted by Gasteiger charge is 2.40. The summed E-state index contributed by atoms with van der Waals surface area (Å²) in [5.74, 6) is 1.47. The number of carboxylic acid groups (broad SMARTS) is 1. The zero-order chi connectivity index (χ0) is 14.0. The average molecular weight is 267 g/mol. The van der Waals surface area contributed by atoms with E-state index in [0.29, 0.717) is 17.9 Å². The predicted molar refractivity (Wildman–Crippen MR) is 77.1 cm³/mol. The number of aliphatic carboxylic acids is 1. The first kappa shape index (κ1) is 14.8. The van der Waals surface area contributed by atoms with Crippen LogP contribution in [0.15, 0.2) is 0 Å². The first-order valence-electron chi connectivity index (χ1n) is 7.99. The molecule has 19 heavy (non-hydrogen) atoms. The Balaban J connectivity index is 2.16. The van der Waals surface area contributed by atoms with Gasteiger partial charge in [-0.25, -0.2) is 0 Å². The third-order valence-corrected chi connectivity index (χ3v) is 5.24. The van der Waals surface area contributed by atoms with Crippen molar-refractivity contribution in [3.05, 3.63) is 0 Å². The van der Waals surface area contributed by atoms with Crippen molar-refractivity contribution >= 4 is 5.97 Å². The lowest BCUT2D eigenvalue weighted by atomic mass is 9.72. The standard InChI is InChI=1S/C16H29NO2/c1-11(2)13-8-7-12(3)10-15(13)17-9-5-4-6-14(17)16(18)19/h11-15H,4-10H2,1-3H3,(H,18,19). The summed E-state index contributed by atoms with van der Waals surface area (Å²) in [5, 5.41) is 9.49. The van der Waals surface area contributed by atoms with E-state index in [4.69, 9.17) is 0 Å². The molecule has 1 saturated carbocycles. The molecule has 3 nitrogen and oxygen atoms in total. The van der Waals surface area contributed by atoms with Crippen molar-refractivity contribution in [3.63, 3.8) is 0 Å². The second-order valence-corrected chi connectivity index (χ2v) is 6.98. The van der Waals surface area contributed by atoms with Gasteiger partial charge < -0.3 is 5.11 Å². The van der Waals surface area contributed by atoms with E-state index in [1.807, 2.05) is 0 Å². The normalized spacial score (nSPS) is 37.5. The summed E-state index contributed by atoms with van der Waals surface area (Å²) in [4.78, 5) is 13.9. The molecule has 2 fully saturated rings. The molecule has 1 heterocycles. The zero-order valence-corrected chi connectivity index (χ0v) is 12.6. The quantitative estimate of drug-likeness (QED) is 0.852. The van der Waals surface area contributed by atoms with Gasteiger partial charge in [-0.3, -0.25) is 9.69 Å². The van der Waals surface area contributed by atoms with Crippen LogP contribution in [0.2, 0.25) is 0 Å². The van der Waals surface area contributed by atoms with Crippen molar-refractivity contribution in [2.75, 3.05) is 6.54 Å². The molecule has 0 spiro atoms. The molecule has 0 aromatic carbocycles. The highest BCUT2D eigenvalue weighted by atomic mass is 16.4. The first-order valence-corrected chi connectivity index (χ1v) is 7.99. The Kier molecular flexibility index (Phi) is 4.88. The van der Waals surface area contributed by atoms with Gasteiger partial charge in [0.15, 0.2) is 0 Å². The van der Waals surface area contributed by atoms with Crippen molar-refractivity contribution in [2.45, 2.75) is 71.4 Å². The maximum atomic E-state index is 11.5. The van der Waals surface area contributed by atoms with Gasteiger partial charge in [-0.15, -0.1) is 0 Å². The molecule has 4 unspecified atom stereocenters. The molecule has 3 heteroatoms. The number of carbonyl (C=O) groups is 1. The smallest absolute Gasteiger partial charge is 0.320 e. The van der Waals surface area contributed by atoms with E-state index in [2.05, 4.69) is 25.7 Å². The van der Waals surface area contributed by atoms with Gasteiger partial charge >= 0.3 is 5.97 Å². The Bertz CT molecular complexity index is 316. The summed E-state index contributed by atoms with van der Waals surface area (Å²) >= 11 is 0. The van der Waals surface area contributed by atoms with Gasteiger partial charge in [0.25, 0.3) is 0 Å². The summed E-state index contributed by atoms with van der Waals surface area (Å²) < 4.78 is 0. The summed E-state index contributed by atoms with van der Waals surface area (Å²) in [7, 11) is 0. The van der Waals surface area contributed by atoms with Crippen LogP contribution in [0, 0.1) is 17.8 Å². The molecule has 2 rings (SSSR count). The van der Waals surface area contributed by atoms with Crippen molar-refractivity contribution < 1.29 is 9.90 Å². The van der Waals surface area contributed by atoms with E-state index in [1.54, 1.807) is 0 Å². The second kappa shape index (κ2) is 6.25. The Morgan fingerprint density at radius 3 is 2.58 bits per heavy atom. The maximum Gasteiger partial charge on any atom is 0.320 e. The third kappa shape index (κ3) is 3.31. The van der Waals surface area contributed by atoms with Gasteiger partial charge in [-0.1, -0.05) is 33.6 Å². The molecule has 1 saturated heterocycles. The van der Waals surface area contributed by atoms with E-state index >= 15 is 0 Å². The van der Waals surface area contributed by atoms with Gasteiger partial charge in [-0.05, 0) is 50.0 Å². The molecule has 0 aromatic heterocycles. The maximum absolute atomic E-state index is 11.5. The van der Waals surface area contributed by atoms with E-state index in [-0.39, 0.29) is 6.04 Å². The number of nitrogens with zero attached hydrogens (tertiary/aromatic N) is 1. The minimum absolute atomic E-state index is 0.231. The van der Waals surface area contributed by atoms with Crippen LogP contribution in [0.5, 0.6) is 0 Å². The van der Waals surface area contributed by atoms with Gasteiger partial charge in [-0.2, -0.15) is 0 Å². The number of likely N-dealkylation sites (tertiary alicyclic amines) is 1. The van der Waals surface area contributed by atoms with Crippen LogP contribution in [0.1, 0.15) is 59.3 Å². The first-order chi connectivity index (χ1) is 9.00. The highest BCUT2D eigenvalue weighted by molar-refractivity contribution is 5.73. The number of piperidine rings is 1. The minimum atomic E-state index is -0.611. The number of hydrogen-bond acceptors (Lipinski definition) is 2. The van der Waals surface area contributed by atoms with Crippen molar-refractivity contribution in [3.8, 4) is 0 Å². The Morgan fingerprint density at radius 2 is 1.95 bits per heavy atom. The van der Waals surface area contributed by atoms with Crippen LogP contribution in [0.4, 0.5) is 0 Å². The fraction of sp³-hybridized carbons (Fsp3) is 0.938. The summed E-state index contributed by atoms with van der Waals surface area (Å²) in [6.45, 7) is 7.90. The summed E-state index contributed by atoms with van der Waals surface area (Å²) in [6, 6.07) is 0.260. The molecular weight excluding hydrogens is 238 g/mol. The van der Waals surface area contributed by atoms with Crippen molar-refractivity contribution in [1.82, 2.24) is 4.90 Å². The lowest BCUT2D eigenvalue weighted by Crippen LogP contribution is -2.55. The topological polar surface area (TPSA) is 40.5 Å². The molecule has 110 valence electrons. The minimum Gasteiger partial charge on any atom is -0.480 e. The van der Waals surface area contributed by atoms with Crippen LogP contribution in [0.25, 0.3) is 0 Å². The van der Waals surface area contributed by atoms with Crippen LogP contribution in [-0.2, 0) is 4.79 Å². The Morgan fingerprint density at radius 1 is 1.21 bits per heavy atom. The monoisotopic (exact) mass is 267 g/mol. The largest absolute Gasteiger partial charge is 0.480 e. The van der Waals surface area contributed by atoms with Gasteiger partial charge in [0, 0.05) is 6.04 Å².